The molecule has 0 aliphatic rings. The third-order valence-corrected chi connectivity index (χ3v) is 4.12. The van der Waals surface area contributed by atoms with Gasteiger partial charge >= 0.3 is 5.97 Å². The number of esters is 1. The van der Waals surface area contributed by atoms with Gasteiger partial charge in [0.1, 0.15) is 23.1 Å². The summed E-state index contributed by atoms with van der Waals surface area (Å²) in [4.78, 5) is 24.0. The van der Waals surface area contributed by atoms with Crippen LogP contribution in [0.3, 0.4) is 0 Å². The Hall–Kier alpha value is -3.85. The lowest BCUT2D eigenvalue weighted by molar-refractivity contribution is -0.128. The van der Waals surface area contributed by atoms with E-state index in [1.54, 1.807) is 49.6 Å². The van der Waals surface area contributed by atoms with Gasteiger partial charge in [0.2, 0.25) is 0 Å². The van der Waals surface area contributed by atoms with Crippen molar-refractivity contribution in [2.45, 2.75) is 19.8 Å². The minimum absolute atomic E-state index is 0.0262. The Morgan fingerprint density at radius 2 is 1.67 bits per heavy atom. The molecule has 0 atom stereocenters. The van der Waals surface area contributed by atoms with Crippen LogP contribution < -0.4 is 14.8 Å². The molecule has 0 aliphatic carbocycles. The SMILES string of the molecule is CCCCNC(=O)/C(C#N)=C/c1ccc(OC(=O)/C=C/c2ccc(OC)cc2)cc1. The number of nitrogens with one attached hydrogen (secondary N) is 1. The summed E-state index contributed by atoms with van der Waals surface area (Å²) in [5.74, 6) is 0.191. The van der Waals surface area contributed by atoms with E-state index >= 15 is 0 Å². The van der Waals surface area contributed by atoms with Gasteiger partial charge in [-0.25, -0.2) is 4.79 Å². The molecule has 0 heterocycles. The Bertz CT molecular complexity index is 952. The number of carbonyl (C=O) groups is 2. The van der Waals surface area contributed by atoms with E-state index < -0.39 is 11.9 Å². The van der Waals surface area contributed by atoms with Gasteiger partial charge in [-0.05, 0) is 54.0 Å². The van der Waals surface area contributed by atoms with E-state index in [0.29, 0.717) is 17.9 Å². The van der Waals surface area contributed by atoms with Gasteiger partial charge < -0.3 is 14.8 Å². The highest BCUT2D eigenvalue weighted by atomic mass is 16.5. The summed E-state index contributed by atoms with van der Waals surface area (Å²) in [5.41, 5.74) is 1.53. The van der Waals surface area contributed by atoms with E-state index in [-0.39, 0.29) is 5.57 Å². The van der Waals surface area contributed by atoms with Crippen LogP contribution >= 0.6 is 0 Å². The number of nitriles is 1. The van der Waals surface area contributed by atoms with E-state index in [9.17, 15) is 14.9 Å². The first-order valence-corrected chi connectivity index (χ1v) is 9.59. The highest BCUT2D eigenvalue weighted by Crippen LogP contribution is 2.16. The lowest BCUT2D eigenvalue weighted by Crippen LogP contribution is -2.25. The number of nitrogens with zero attached hydrogens (tertiary/aromatic N) is 1. The molecule has 30 heavy (non-hydrogen) atoms. The van der Waals surface area contributed by atoms with Crippen LogP contribution in [-0.2, 0) is 9.59 Å². The molecule has 1 amide bonds. The minimum atomic E-state index is -0.512. The van der Waals surface area contributed by atoms with Crippen molar-refractivity contribution in [1.82, 2.24) is 5.32 Å². The van der Waals surface area contributed by atoms with Crippen LogP contribution in [0.25, 0.3) is 12.2 Å². The van der Waals surface area contributed by atoms with Crippen molar-refractivity contribution in [3.63, 3.8) is 0 Å². The van der Waals surface area contributed by atoms with Crippen LogP contribution in [0.4, 0.5) is 0 Å². The summed E-state index contributed by atoms with van der Waals surface area (Å²) >= 11 is 0. The number of unbranched alkanes of at least 4 members (excludes halogenated alkanes) is 1. The molecule has 0 bridgehead atoms. The van der Waals surface area contributed by atoms with E-state index in [1.165, 1.54) is 12.2 Å². The largest absolute Gasteiger partial charge is 0.497 e. The van der Waals surface area contributed by atoms with Crippen LogP contribution in [0.5, 0.6) is 11.5 Å². The zero-order valence-corrected chi connectivity index (χ0v) is 17.1. The molecule has 0 saturated heterocycles. The first-order chi connectivity index (χ1) is 14.5. The molecule has 0 unspecified atom stereocenters. The van der Waals surface area contributed by atoms with E-state index in [2.05, 4.69) is 5.32 Å². The Balaban J connectivity index is 1.95. The smallest absolute Gasteiger partial charge is 0.336 e. The monoisotopic (exact) mass is 404 g/mol. The Morgan fingerprint density at radius 3 is 2.27 bits per heavy atom. The van der Waals surface area contributed by atoms with Gasteiger partial charge in [0.25, 0.3) is 5.91 Å². The van der Waals surface area contributed by atoms with Gasteiger partial charge in [-0.3, -0.25) is 4.79 Å². The second-order valence-electron chi connectivity index (χ2n) is 6.38. The highest BCUT2D eigenvalue weighted by Gasteiger charge is 2.08. The number of benzene rings is 2. The third kappa shape index (κ3) is 7.28. The molecule has 2 aromatic rings. The molecule has 2 aromatic carbocycles. The highest BCUT2D eigenvalue weighted by molar-refractivity contribution is 6.01. The van der Waals surface area contributed by atoms with E-state index in [4.69, 9.17) is 9.47 Å². The molecule has 1 N–H and O–H groups in total. The van der Waals surface area contributed by atoms with Gasteiger partial charge in [-0.15, -0.1) is 0 Å². The van der Waals surface area contributed by atoms with E-state index in [0.717, 1.165) is 24.2 Å². The average Bonchev–Trinajstić information content (AvgIpc) is 2.77. The van der Waals surface area contributed by atoms with Crippen molar-refractivity contribution in [2.24, 2.45) is 0 Å². The summed E-state index contributed by atoms with van der Waals surface area (Å²) < 4.78 is 10.4. The molecule has 6 heteroatoms. The second-order valence-corrected chi connectivity index (χ2v) is 6.38. The van der Waals surface area contributed by atoms with Gasteiger partial charge in [-0.2, -0.15) is 5.26 Å². The summed E-state index contributed by atoms with van der Waals surface area (Å²) in [6, 6.07) is 15.7. The molecule has 0 saturated carbocycles. The van der Waals surface area contributed by atoms with Crippen molar-refractivity contribution >= 4 is 24.0 Å². The number of amides is 1. The molecular weight excluding hydrogens is 380 g/mol. The maximum atomic E-state index is 12.0. The van der Waals surface area contributed by atoms with Crippen LogP contribution in [0.15, 0.2) is 60.2 Å². The number of carbonyl (C=O) groups excluding carboxylic acids is 2. The quantitative estimate of drug-likeness (QED) is 0.223. The van der Waals surface area contributed by atoms with Crippen molar-refractivity contribution in [3.05, 3.63) is 71.3 Å². The van der Waals surface area contributed by atoms with Crippen molar-refractivity contribution in [3.8, 4) is 17.6 Å². The lowest BCUT2D eigenvalue weighted by Gasteiger charge is -2.04. The van der Waals surface area contributed by atoms with Crippen molar-refractivity contribution in [2.75, 3.05) is 13.7 Å². The average molecular weight is 404 g/mol. The molecule has 0 radical (unpaired) electrons. The lowest BCUT2D eigenvalue weighted by atomic mass is 10.1. The van der Waals surface area contributed by atoms with Crippen LogP contribution in [-0.4, -0.2) is 25.5 Å². The fraction of sp³-hybridized carbons (Fsp3) is 0.208. The fourth-order valence-corrected chi connectivity index (χ4v) is 2.45. The zero-order chi connectivity index (χ0) is 21.8. The number of ether oxygens (including phenoxy) is 2. The molecule has 0 spiro atoms. The standard InChI is InChI=1S/C24H24N2O4/c1-3-4-15-26-24(28)20(17-25)16-19-7-12-22(13-8-19)30-23(27)14-9-18-5-10-21(29-2)11-6-18/h5-14,16H,3-4,15H2,1-2H3,(H,26,28)/b14-9+,20-16+. The van der Waals surface area contributed by atoms with Gasteiger partial charge in [-0.1, -0.05) is 37.6 Å². The minimum Gasteiger partial charge on any atom is -0.497 e. The number of hydrogen-bond acceptors (Lipinski definition) is 5. The first kappa shape index (κ1) is 22.4. The molecule has 0 aliphatic heterocycles. The molecule has 0 fully saturated rings. The van der Waals surface area contributed by atoms with Crippen LogP contribution in [0, 0.1) is 11.3 Å². The van der Waals surface area contributed by atoms with Crippen molar-refractivity contribution in [1.29, 1.82) is 5.26 Å². The Kier molecular flexibility index (Phi) is 8.88. The number of rotatable bonds is 9. The molecule has 154 valence electrons. The Labute approximate surface area is 176 Å². The van der Waals surface area contributed by atoms with Gasteiger partial charge in [0, 0.05) is 12.6 Å². The van der Waals surface area contributed by atoms with Crippen LogP contribution in [0.2, 0.25) is 0 Å². The van der Waals surface area contributed by atoms with Gasteiger partial charge in [0.15, 0.2) is 0 Å². The normalized spacial score (nSPS) is 11.0. The first-order valence-electron chi connectivity index (χ1n) is 9.59. The number of hydrogen-bond donors (Lipinski definition) is 1. The summed E-state index contributed by atoms with van der Waals surface area (Å²) in [6.07, 6.45) is 6.30. The Morgan fingerprint density at radius 1 is 1.03 bits per heavy atom. The molecule has 6 nitrogen and oxygen atoms in total. The predicted molar refractivity (Wildman–Crippen MR) is 116 cm³/mol. The molecular formula is C24H24N2O4. The summed E-state index contributed by atoms with van der Waals surface area (Å²) in [7, 11) is 1.59. The predicted octanol–water partition coefficient (Wildman–Crippen LogP) is 4.14. The third-order valence-electron chi connectivity index (χ3n) is 4.12. The van der Waals surface area contributed by atoms with Crippen molar-refractivity contribution < 1.29 is 19.1 Å². The second kappa shape index (κ2) is 11.9. The maximum absolute atomic E-state index is 12.0. The number of methoxy groups -OCH3 is 1. The maximum Gasteiger partial charge on any atom is 0.336 e. The van der Waals surface area contributed by atoms with E-state index in [1.807, 2.05) is 25.1 Å². The molecule has 0 aromatic heterocycles. The molecule has 2 rings (SSSR count). The fourth-order valence-electron chi connectivity index (χ4n) is 2.45. The summed E-state index contributed by atoms with van der Waals surface area (Å²) in [6.45, 7) is 2.56. The van der Waals surface area contributed by atoms with Crippen LogP contribution in [0.1, 0.15) is 30.9 Å². The summed E-state index contributed by atoms with van der Waals surface area (Å²) in [5, 5.41) is 11.9. The van der Waals surface area contributed by atoms with Gasteiger partial charge in [0.05, 0.1) is 7.11 Å². The topological polar surface area (TPSA) is 88.4 Å². The zero-order valence-electron chi connectivity index (χ0n) is 17.1.